The van der Waals surface area contributed by atoms with Gasteiger partial charge in [-0.15, -0.1) is 0 Å². The van der Waals surface area contributed by atoms with Crippen molar-refractivity contribution in [3.8, 4) is 0 Å². The molecule has 0 unspecified atom stereocenters. The Morgan fingerprint density at radius 1 is 1.26 bits per heavy atom. The zero-order valence-electron chi connectivity index (χ0n) is 11.8. The zero-order valence-corrected chi connectivity index (χ0v) is 11.8. The summed E-state index contributed by atoms with van der Waals surface area (Å²) in [5, 5.41) is 2.84. The van der Waals surface area contributed by atoms with E-state index in [4.69, 9.17) is 0 Å². The lowest BCUT2D eigenvalue weighted by molar-refractivity contribution is -0.116. The van der Waals surface area contributed by atoms with Crippen LogP contribution in [0.2, 0.25) is 0 Å². The highest BCUT2D eigenvalue weighted by molar-refractivity contribution is 5.95. The van der Waals surface area contributed by atoms with Crippen molar-refractivity contribution in [2.24, 2.45) is 0 Å². The van der Waals surface area contributed by atoms with E-state index >= 15 is 0 Å². The van der Waals surface area contributed by atoms with Crippen LogP contribution in [-0.2, 0) is 9.53 Å². The lowest BCUT2D eigenvalue weighted by atomic mass is 10.1. The Hall–Kier alpha value is -1.84. The van der Waals surface area contributed by atoms with E-state index in [0.29, 0.717) is 17.7 Å². The number of amides is 1. The third kappa shape index (κ3) is 4.73. The van der Waals surface area contributed by atoms with Crippen molar-refractivity contribution >= 4 is 17.6 Å². The fraction of sp³-hybridized carbons (Fsp3) is 0.467. The summed E-state index contributed by atoms with van der Waals surface area (Å²) >= 11 is 0. The summed E-state index contributed by atoms with van der Waals surface area (Å²) in [5.74, 6) is -0.417. The number of anilines is 1. The van der Waals surface area contributed by atoms with Gasteiger partial charge in [-0.05, 0) is 31.0 Å². The van der Waals surface area contributed by atoms with Gasteiger partial charge in [0, 0.05) is 12.1 Å². The quantitative estimate of drug-likeness (QED) is 0.633. The second kappa shape index (κ2) is 7.56. The van der Waals surface area contributed by atoms with Gasteiger partial charge in [-0.1, -0.05) is 25.8 Å². The summed E-state index contributed by atoms with van der Waals surface area (Å²) in [6.45, 7) is 3.99. The monoisotopic (exact) mass is 263 g/mol. The molecule has 0 spiro atoms. The fourth-order valence-corrected chi connectivity index (χ4v) is 1.75. The molecule has 0 atom stereocenters. The second-order valence-electron chi connectivity index (χ2n) is 4.53. The standard InChI is InChI=1S/C15H21NO3/c1-4-5-6-7-14(17)16-13-10-12(15(18)19-3)9-8-11(13)2/h8-10H,4-7H2,1-3H3,(H,16,17). The Bertz CT molecular complexity index is 455. The van der Waals surface area contributed by atoms with E-state index in [1.807, 2.05) is 6.92 Å². The fourth-order valence-electron chi connectivity index (χ4n) is 1.75. The maximum Gasteiger partial charge on any atom is 0.337 e. The van der Waals surface area contributed by atoms with Crippen LogP contribution in [0.4, 0.5) is 5.69 Å². The topological polar surface area (TPSA) is 55.4 Å². The number of hydrogen-bond acceptors (Lipinski definition) is 3. The molecule has 1 rings (SSSR count). The minimum Gasteiger partial charge on any atom is -0.465 e. The lowest BCUT2D eigenvalue weighted by Gasteiger charge is -2.10. The molecule has 0 fully saturated rings. The van der Waals surface area contributed by atoms with E-state index in [1.54, 1.807) is 18.2 Å². The van der Waals surface area contributed by atoms with Crippen molar-refractivity contribution in [1.82, 2.24) is 0 Å². The molecule has 0 radical (unpaired) electrons. The van der Waals surface area contributed by atoms with Gasteiger partial charge < -0.3 is 10.1 Å². The van der Waals surface area contributed by atoms with E-state index in [1.165, 1.54) is 7.11 Å². The average Bonchev–Trinajstić information content (AvgIpc) is 2.40. The van der Waals surface area contributed by atoms with Gasteiger partial charge in [-0.3, -0.25) is 4.79 Å². The van der Waals surface area contributed by atoms with E-state index in [0.717, 1.165) is 24.8 Å². The van der Waals surface area contributed by atoms with Crippen LogP contribution in [0, 0.1) is 6.92 Å². The van der Waals surface area contributed by atoms with Gasteiger partial charge in [0.1, 0.15) is 0 Å². The predicted octanol–water partition coefficient (Wildman–Crippen LogP) is 3.30. The maximum atomic E-state index is 11.8. The number of nitrogens with one attached hydrogen (secondary N) is 1. The van der Waals surface area contributed by atoms with Gasteiger partial charge in [0.2, 0.25) is 5.91 Å². The highest BCUT2D eigenvalue weighted by Gasteiger charge is 2.10. The Balaban J connectivity index is 2.71. The van der Waals surface area contributed by atoms with Crippen molar-refractivity contribution in [2.45, 2.75) is 39.5 Å². The summed E-state index contributed by atoms with van der Waals surface area (Å²) in [6, 6.07) is 5.14. The normalized spacial score (nSPS) is 10.1. The number of methoxy groups -OCH3 is 1. The van der Waals surface area contributed by atoms with Crippen LogP contribution in [0.1, 0.15) is 48.5 Å². The first-order valence-corrected chi connectivity index (χ1v) is 6.57. The first-order valence-electron chi connectivity index (χ1n) is 6.57. The van der Waals surface area contributed by atoms with Crippen LogP contribution < -0.4 is 5.32 Å². The molecule has 0 heterocycles. The van der Waals surface area contributed by atoms with E-state index in [-0.39, 0.29) is 5.91 Å². The van der Waals surface area contributed by atoms with Gasteiger partial charge in [-0.2, -0.15) is 0 Å². The summed E-state index contributed by atoms with van der Waals surface area (Å²) in [5.41, 5.74) is 2.04. The third-order valence-electron chi connectivity index (χ3n) is 2.94. The number of unbranched alkanes of at least 4 members (excludes halogenated alkanes) is 2. The molecule has 0 saturated carbocycles. The largest absolute Gasteiger partial charge is 0.465 e. The number of hydrogen-bond donors (Lipinski definition) is 1. The molecular formula is C15H21NO3. The molecule has 1 aromatic carbocycles. The Morgan fingerprint density at radius 2 is 2.00 bits per heavy atom. The lowest BCUT2D eigenvalue weighted by Crippen LogP contribution is -2.13. The number of aryl methyl sites for hydroxylation is 1. The molecule has 0 bridgehead atoms. The van der Waals surface area contributed by atoms with Gasteiger partial charge in [0.25, 0.3) is 0 Å². The molecule has 4 heteroatoms. The van der Waals surface area contributed by atoms with Crippen LogP contribution in [-0.4, -0.2) is 19.0 Å². The number of ether oxygens (including phenoxy) is 1. The summed E-state index contributed by atoms with van der Waals surface area (Å²) < 4.78 is 4.66. The Morgan fingerprint density at radius 3 is 2.63 bits per heavy atom. The molecule has 104 valence electrons. The van der Waals surface area contributed by atoms with Crippen LogP contribution in [0.25, 0.3) is 0 Å². The van der Waals surface area contributed by atoms with E-state index in [9.17, 15) is 9.59 Å². The van der Waals surface area contributed by atoms with Crippen LogP contribution in [0.15, 0.2) is 18.2 Å². The van der Waals surface area contributed by atoms with Crippen LogP contribution >= 0.6 is 0 Å². The summed E-state index contributed by atoms with van der Waals surface area (Å²) in [7, 11) is 1.34. The second-order valence-corrected chi connectivity index (χ2v) is 4.53. The molecule has 1 aromatic rings. The molecule has 19 heavy (non-hydrogen) atoms. The maximum absolute atomic E-state index is 11.8. The van der Waals surface area contributed by atoms with Gasteiger partial charge in [-0.25, -0.2) is 4.79 Å². The summed E-state index contributed by atoms with van der Waals surface area (Å²) in [6.07, 6.45) is 3.53. The van der Waals surface area contributed by atoms with Gasteiger partial charge in [0.15, 0.2) is 0 Å². The number of benzene rings is 1. The van der Waals surface area contributed by atoms with Crippen LogP contribution in [0.5, 0.6) is 0 Å². The molecule has 0 aliphatic rings. The molecule has 1 amide bonds. The highest BCUT2D eigenvalue weighted by Crippen LogP contribution is 2.18. The van der Waals surface area contributed by atoms with Crippen molar-refractivity contribution < 1.29 is 14.3 Å². The molecule has 0 saturated heterocycles. The number of esters is 1. The van der Waals surface area contributed by atoms with E-state index < -0.39 is 5.97 Å². The average molecular weight is 263 g/mol. The SMILES string of the molecule is CCCCCC(=O)Nc1cc(C(=O)OC)ccc1C. The smallest absolute Gasteiger partial charge is 0.337 e. The first kappa shape index (κ1) is 15.2. The van der Waals surface area contributed by atoms with Crippen molar-refractivity contribution in [3.63, 3.8) is 0 Å². The van der Waals surface area contributed by atoms with Gasteiger partial charge in [0.05, 0.1) is 12.7 Å². The minimum atomic E-state index is -0.401. The van der Waals surface area contributed by atoms with Crippen LogP contribution in [0.3, 0.4) is 0 Å². The first-order chi connectivity index (χ1) is 9.08. The summed E-state index contributed by atoms with van der Waals surface area (Å²) in [4.78, 5) is 23.2. The van der Waals surface area contributed by atoms with Crippen molar-refractivity contribution in [2.75, 3.05) is 12.4 Å². The molecule has 0 aliphatic heterocycles. The Labute approximate surface area is 114 Å². The molecule has 1 N–H and O–H groups in total. The van der Waals surface area contributed by atoms with Gasteiger partial charge >= 0.3 is 5.97 Å². The molecule has 0 aliphatic carbocycles. The van der Waals surface area contributed by atoms with Crippen molar-refractivity contribution in [3.05, 3.63) is 29.3 Å². The minimum absolute atomic E-state index is 0.0152. The predicted molar refractivity (Wildman–Crippen MR) is 75.3 cm³/mol. The number of carbonyl (C=O) groups is 2. The highest BCUT2D eigenvalue weighted by atomic mass is 16.5. The number of rotatable bonds is 6. The third-order valence-corrected chi connectivity index (χ3v) is 2.94. The molecular weight excluding hydrogens is 242 g/mol. The molecule has 0 aromatic heterocycles. The van der Waals surface area contributed by atoms with E-state index in [2.05, 4.69) is 17.0 Å². The Kier molecular flexibility index (Phi) is 6.06. The molecule has 4 nitrogen and oxygen atoms in total. The van der Waals surface area contributed by atoms with Crippen molar-refractivity contribution in [1.29, 1.82) is 0 Å². The zero-order chi connectivity index (χ0) is 14.3. The number of carbonyl (C=O) groups excluding carboxylic acids is 2.